The quantitative estimate of drug-likeness (QED) is 0.865. The third kappa shape index (κ3) is 2.47. The summed E-state index contributed by atoms with van der Waals surface area (Å²) in [5.41, 5.74) is 10.2. The van der Waals surface area contributed by atoms with Crippen molar-refractivity contribution in [1.82, 2.24) is 0 Å². The lowest BCUT2D eigenvalue weighted by Crippen LogP contribution is -2.42. The van der Waals surface area contributed by atoms with E-state index in [0.717, 1.165) is 13.0 Å². The largest absolute Gasteiger partial charge is 0.369 e. The number of nitrogens with two attached hydrogens (primary N) is 1. The summed E-state index contributed by atoms with van der Waals surface area (Å²) < 4.78 is 0. The first-order valence-electron chi connectivity index (χ1n) is 6.60. The smallest absolute Gasteiger partial charge is 0.0371 e. The van der Waals surface area contributed by atoms with Gasteiger partial charge in [-0.3, -0.25) is 0 Å². The zero-order valence-electron chi connectivity index (χ0n) is 11.3. The molecule has 0 bridgehead atoms. The number of fused-ring (bicyclic) bond motifs is 1. The van der Waals surface area contributed by atoms with Crippen LogP contribution in [0.5, 0.6) is 0 Å². The van der Waals surface area contributed by atoms with Crippen molar-refractivity contribution in [3.8, 4) is 0 Å². The van der Waals surface area contributed by atoms with Crippen LogP contribution in [0, 0.1) is 0 Å². The minimum atomic E-state index is 0.127. The molecule has 2 rings (SSSR count). The zero-order valence-corrected chi connectivity index (χ0v) is 11.3. The first kappa shape index (κ1) is 12.4. The van der Waals surface area contributed by atoms with Gasteiger partial charge < -0.3 is 10.6 Å². The molecule has 0 aromatic heterocycles. The Morgan fingerprint density at radius 2 is 1.94 bits per heavy atom. The topological polar surface area (TPSA) is 29.3 Å². The summed E-state index contributed by atoms with van der Waals surface area (Å²) in [7, 11) is 2.17. The lowest BCUT2D eigenvalue weighted by atomic mass is 9.97. The van der Waals surface area contributed by atoms with Gasteiger partial charge in [0.05, 0.1) is 0 Å². The molecule has 0 aliphatic heterocycles. The third-order valence-electron chi connectivity index (χ3n) is 4.13. The number of hydrogen-bond acceptors (Lipinski definition) is 2. The van der Waals surface area contributed by atoms with Gasteiger partial charge in [-0.1, -0.05) is 6.07 Å². The molecule has 0 saturated carbocycles. The highest BCUT2D eigenvalue weighted by Gasteiger charge is 2.23. The van der Waals surface area contributed by atoms with Crippen LogP contribution < -0.4 is 10.6 Å². The number of rotatable bonds is 4. The summed E-state index contributed by atoms with van der Waals surface area (Å²) in [6.07, 6.45) is 4.83. The lowest BCUT2D eigenvalue weighted by Gasteiger charge is -2.37. The minimum absolute atomic E-state index is 0.127. The van der Waals surface area contributed by atoms with Crippen LogP contribution >= 0.6 is 0 Å². The van der Waals surface area contributed by atoms with Gasteiger partial charge in [0, 0.05) is 18.3 Å². The molecule has 94 valence electrons. The van der Waals surface area contributed by atoms with Crippen LogP contribution in [-0.4, -0.2) is 19.1 Å². The van der Waals surface area contributed by atoms with Crippen molar-refractivity contribution >= 4 is 5.69 Å². The Morgan fingerprint density at radius 3 is 2.65 bits per heavy atom. The molecule has 0 unspecified atom stereocenters. The molecular formula is C15H24N2. The number of nitrogens with zero attached hydrogens (tertiary/aromatic N) is 1. The van der Waals surface area contributed by atoms with Gasteiger partial charge in [-0.25, -0.2) is 0 Å². The Bertz CT molecular complexity index is 396. The van der Waals surface area contributed by atoms with Gasteiger partial charge in [-0.2, -0.15) is 0 Å². The summed E-state index contributed by atoms with van der Waals surface area (Å²) in [6.45, 7) is 5.25. The maximum Gasteiger partial charge on any atom is 0.0371 e. The Morgan fingerprint density at radius 1 is 1.24 bits per heavy atom. The van der Waals surface area contributed by atoms with E-state index in [1.807, 2.05) is 0 Å². The Kier molecular flexibility index (Phi) is 3.43. The van der Waals surface area contributed by atoms with Crippen LogP contribution in [0.1, 0.15) is 37.8 Å². The Labute approximate surface area is 105 Å². The van der Waals surface area contributed by atoms with Crippen molar-refractivity contribution < 1.29 is 0 Å². The fourth-order valence-corrected chi connectivity index (χ4v) is 2.64. The van der Waals surface area contributed by atoms with Crippen molar-refractivity contribution in [3.63, 3.8) is 0 Å². The highest BCUT2D eigenvalue weighted by molar-refractivity contribution is 5.53. The molecular weight excluding hydrogens is 208 g/mol. The molecule has 1 aliphatic rings. The normalized spacial score (nSPS) is 14.8. The SMILES string of the molecule is CN(c1ccc2c(c1)CCC2)C(C)(C)CCN. The molecule has 1 aromatic rings. The molecule has 2 N–H and O–H groups in total. The minimum Gasteiger partial charge on any atom is -0.369 e. The van der Waals surface area contributed by atoms with Gasteiger partial charge in [-0.15, -0.1) is 0 Å². The van der Waals surface area contributed by atoms with Crippen LogP contribution in [0.2, 0.25) is 0 Å². The molecule has 0 radical (unpaired) electrons. The first-order chi connectivity index (χ1) is 8.04. The molecule has 0 heterocycles. The summed E-state index contributed by atoms with van der Waals surface area (Å²) >= 11 is 0. The molecule has 2 heteroatoms. The second-order valence-electron chi connectivity index (χ2n) is 5.72. The molecule has 2 nitrogen and oxygen atoms in total. The zero-order chi connectivity index (χ0) is 12.5. The second-order valence-corrected chi connectivity index (χ2v) is 5.72. The van der Waals surface area contributed by atoms with E-state index < -0.39 is 0 Å². The number of aryl methyl sites for hydroxylation is 2. The summed E-state index contributed by atoms with van der Waals surface area (Å²) in [4.78, 5) is 2.36. The predicted molar refractivity (Wildman–Crippen MR) is 74.6 cm³/mol. The monoisotopic (exact) mass is 232 g/mol. The van der Waals surface area contributed by atoms with E-state index in [2.05, 4.69) is 44.0 Å². The third-order valence-corrected chi connectivity index (χ3v) is 4.13. The van der Waals surface area contributed by atoms with Crippen LogP contribution in [0.25, 0.3) is 0 Å². The summed E-state index contributed by atoms with van der Waals surface area (Å²) in [5, 5.41) is 0. The maximum atomic E-state index is 5.69. The van der Waals surface area contributed by atoms with Crippen LogP contribution in [-0.2, 0) is 12.8 Å². The highest BCUT2D eigenvalue weighted by Crippen LogP contribution is 2.30. The average molecular weight is 232 g/mol. The van der Waals surface area contributed by atoms with Gasteiger partial charge in [0.25, 0.3) is 0 Å². The number of hydrogen-bond donors (Lipinski definition) is 1. The number of anilines is 1. The fourth-order valence-electron chi connectivity index (χ4n) is 2.64. The van der Waals surface area contributed by atoms with Crippen molar-refractivity contribution in [2.75, 3.05) is 18.5 Å². The van der Waals surface area contributed by atoms with E-state index in [9.17, 15) is 0 Å². The average Bonchev–Trinajstić information content (AvgIpc) is 2.74. The van der Waals surface area contributed by atoms with Crippen LogP contribution in [0.3, 0.4) is 0 Å². The second kappa shape index (κ2) is 4.69. The first-order valence-corrected chi connectivity index (χ1v) is 6.60. The van der Waals surface area contributed by atoms with E-state index in [1.54, 1.807) is 5.56 Å². The molecule has 1 aromatic carbocycles. The maximum absolute atomic E-state index is 5.69. The van der Waals surface area contributed by atoms with E-state index in [4.69, 9.17) is 5.73 Å². The van der Waals surface area contributed by atoms with Crippen molar-refractivity contribution in [2.45, 2.75) is 45.1 Å². The van der Waals surface area contributed by atoms with Gasteiger partial charge in [0.1, 0.15) is 0 Å². The molecule has 1 aliphatic carbocycles. The number of benzene rings is 1. The van der Waals surface area contributed by atoms with Crippen molar-refractivity contribution in [3.05, 3.63) is 29.3 Å². The molecule has 0 saturated heterocycles. The summed E-state index contributed by atoms with van der Waals surface area (Å²) in [6, 6.07) is 6.91. The van der Waals surface area contributed by atoms with Gasteiger partial charge in [0.2, 0.25) is 0 Å². The molecule has 17 heavy (non-hydrogen) atoms. The lowest BCUT2D eigenvalue weighted by molar-refractivity contribution is 0.456. The van der Waals surface area contributed by atoms with Gasteiger partial charge >= 0.3 is 0 Å². The highest BCUT2D eigenvalue weighted by atomic mass is 15.2. The molecule has 0 atom stereocenters. The van der Waals surface area contributed by atoms with Crippen LogP contribution in [0.15, 0.2) is 18.2 Å². The van der Waals surface area contributed by atoms with Gasteiger partial charge in [-0.05, 0) is 69.3 Å². The Balaban J connectivity index is 2.22. The van der Waals surface area contributed by atoms with Gasteiger partial charge in [0.15, 0.2) is 0 Å². The fraction of sp³-hybridized carbons (Fsp3) is 0.600. The van der Waals surface area contributed by atoms with E-state index in [0.29, 0.717) is 0 Å². The van der Waals surface area contributed by atoms with Crippen molar-refractivity contribution in [2.24, 2.45) is 5.73 Å². The Hall–Kier alpha value is -1.02. The predicted octanol–water partition coefficient (Wildman–Crippen LogP) is 2.74. The van der Waals surface area contributed by atoms with Crippen LogP contribution in [0.4, 0.5) is 5.69 Å². The van der Waals surface area contributed by atoms with E-state index in [-0.39, 0.29) is 5.54 Å². The standard InChI is InChI=1S/C15H24N2/c1-15(2,9-10-16)17(3)14-8-7-12-5-4-6-13(12)11-14/h7-8,11H,4-6,9-10,16H2,1-3H3. The molecule has 0 amide bonds. The molecule has 0 spiro atoms. The van der Waals surface area contributed by atoms with E-state index >= 15 is 0 Å². The molecule has 0 fully saturated rings. The van der Waals surface area contributed by atoms with Crippen molar-refractivity contribution in [1.29, 1.82) is 0 Å². The summed E-state index contributed by atoms with van der Waals surface area (Å²) in [5.74, 6) is 0. The van der Waals surface area contributed by atoms with E-state index in [1.165, 1.54) is 30.5 Å².